The highest BCUT2D eigenvalue weighted by Gasteiger charge is 2.18. The fourth-order valence-corrected chi connectivity index (χ4v) is 2.98. The van der Waals surface area contributed by atoms with Gasteiger partial charge < -0.3 is 10.3 Å². The molecule has 2 aromatic rings. The highest BCUT2D eigenvalue weighted by molar-refractivity contribution is 7.09. The van der Waals surface area contributed by atoms with Gasteiger partial charge in [-0.05, 0) is 30.4 Å². The van der Waals surface area contributed by atoms with Crippen LogP contribution in [0.3, 0.4) is 0 Å². The van der Waals surface area contributed by atoms with E-state index in [0.29, 0.717) is 0 Å². The lowest BCUT2D eigenvalue weighted by atomic mass is 9.92. The maximum Gasteiger partial charge on any atom is 0.0794 e. The summed E-state index contributed by atoms with van der Waals surface area (Å²) in [5, 5.41) is 0. The molecule has 16 heavy (non-hydrogen) atoms. The van der Waals surface area contributed by atoms with E-state index in [1.165, 1.54) is 28.8 Å². The van der Waals surface area contributed by atoms with Gasteiger partial charge in [0.25, 0.3) is 0 Å². The Morgan fingerprint density at radius 2 is 2.44 bits per heavy atom. The van der Waals surface area contributed by atoms with Gasteiger partial charge in [0.15, 0.2) is 0 Å². The Balaban J connectivity index is 1.87. The zero-order valence-corrected chi connectivity index (χ0v) is 9.91. The Hall–Kier alpha value is -1.13. The Morgan fingerprint density at radius 3 is 3.19 bits per heavy atom. The molecular weight excluding hydrogens is 218 g/mol. The van der Waals surface area contributed by atoms with Crippen molar-refractivity contribution < 1.29 is 0 Å². The molecule has 0 aromatic carbocycles. The number of nitrogens with zero attached hydrogens (tertiary/aromatic N) is 2. The predicted octanol–water partition coefficient (Wildman–Crippen LogP) is 2.33. The van der Waals surface area contributed by atoms with Crippen molar-refractivity contribution in [2.75, 3.05) is 0 Å². The summed E-state index contributed by atoms with van der Waals surface area (Å²) in [7, 11) is 0. The largest absolute Gasteiger partial charge is 0.348 e. The first-order chi connectivity index (χ1) is 7.83. The molecule has 2 N–H and O–H groups in total. The van der Waals surface area contributed by atoms with E-state index in [9.17, 15) is 0 Å². The first-order valence-corrected chi connectivity index (χ1v) is 6.52. The third-order valence-electron chi connectivity index (χ3n) is 3.18. The maximum atomic E-state index is 6.11. The molecule has 0 saturated carbocycles. The lowest BCUT2D eigenvalue weighted by Crippen LogP contribution is -2.15. The predicted molar refractivity (Wildman–Crippen MR) is 65.5 cm³/mol. The summed E-state index contributed by atoms with van der Waals surface area (Å²) in [6.45, 7) is 0.921. The molecule has 0 saturated heterocycles. The van der Waals surface area contributed by atoms with Crippen LogP contribution in [0.4, 0.5) is 0 Å². The first-order valence-electron chi connectivity index (χ1n) is 5.64. The van der Waals surface area contributed by atoms with Crippen molar-refractivity contribution in [2.45, 2.75) is 31.8 Å². The summed E-state index contributed by atoms with van der Waals surface area (Å²) in [6.07, 6.45) is 9.91. The molecule has 0 amide bonds. The Labute approximate surface area is 98.9 Å². The second kappa shape index (κ2) is 4.03. The number of nitrogens with two attached hydrogens (primary N) is 1. The highest BCUT2D eigenvalue weighted by atomic mass is 32.1. The van der Waals surface area contributed by atoms with Crippen LogP contribution in [0, 0.1) is 0 Å². The number of rotatable bonds is 2. The SMILES string of the molecule is NC1CCCc2cn(Cc3cncs3)cc21. The number of hydrogen-bond acceptors (Lipinski definition) is 3. The number of hydrogen-bond donors (Lipinski definition) is 1. The molecule has 0 bridgehead atoms. The third-order valence-corrected chi connectivity index (χ3v) is 3.94. The fourth-order valence-electron chi connectivity index (χ4n) is 2.38. The van der Waals surface area contributed by atoms with E-state index in [-0.39, 0.29) is 6.04 Å². The quantitative estimate of drug-likeness (QED) is 0.865. The zero-order chi connectivity index (χ0) is 11.0. The van der Waals surface area contributed by atoms with E-state index in [1.54, 1.807) is 11.3 Å². The van der Waals surface area contributed by atoms with E-state index in [0.717, 1.165) is 13.0 Å². The van der Waals surface area contributed by atoms with Crippen LogP contribution < -0.4 is 5.73 Å². The molecule has 3 rings (SSSR count). The second-order valence-corrected chi connectivity index (χ2v) is 5.35. The second-order valence-electron chi connectivity index (χ2n) is 4.38. The standard InChI is InChI=1S/C12H15N3S/c13-12-3-1-2-9-5-15(7-11(9)12)6-10-4-14-8-16-10/h4-5,7-8,12H,1-3,6,13H2. The van der Waals surface area contributed by atoms with Crippen molar-refractivity contribution in [2.24, 2.45) is 5.73 Å². The normalized spacial score (nSPS) is 19.7. The van der Waals surface area contributed by atoms with Crippen LogP contribution in [0.15, 0.2) is 24.1 Å². The number of aromatic nitrogens is 2. The van der Waals surface area contributed by atoms with Gasteiger partial charge in [0, 0.05) is 29.5 Å². The minimum Gasteiger partial charge on any atom is -0.348 e. The van der Waals surface area contributed by atoms with Gasteiger partial charge in [0.05, 0.1) is 12.1 Å². The monoisotopic (exact) mass is 233 g/mol. The molecule has 84 valence electrons. The number of aryl methyl sites for hydroxylation is 1. The van der Waals surface area contributed by atoms with Crippen molar-refractivity contribution in [3.8, 4) is 0 Å². The molecule has 2 aromatic heterocycles. The van der Waals surface area contributed by atoms with Gasteiger partial charge in [-0.2, -0.15) is 0 Å². The molecule has 1 aliphatic rings. The summed E-state index contributed by atoms with van der Waals surface area (Å²) in [5.41, 5.74) is 10.8. The van der Waals surface area contributed by atoms with E-state index in [2.05, 4.69) is 21.9 Å². The van der Waals surface area contributed by atoms with Crippen LogP contribution in [-0.4, -0.2) is 9.55 Å². The number of fused-ring (bicyclic) bond motifs is 1. The minimum atomic E-state index is 0.242. The van der Waals surface area contributed by atoms with Gasteiger partial charge in [-0.1, -0.05) is 0 Å². The minimum absolute atomic E-state index is 0.242. The van der Waals surface area contributed by atoms with E-state index >= 15 is 0 Å². The molecule has 1 atom stereocenters. The van der Waals surface area contributed by atoms with Crippen molar-refractivity contribution in [1.29, 1.82) is 0 Å². The highest BCUT2D eigenvalue weighted by Crippen LogP contribution is 2.28. The average molecular weight is 233 g/mol. The molecule has 0 radical (unpaired) electrons. The summed E-state index contributed by atoms with van der Waals surface area (Å²) in [4.78, 5) is 5.39. The van der Waals surface area contributed by atoms with Crippen molar-refractivity contribution >= 4 is 11.3 Å². The van der Waals surface area contributed by atoms with Gasteiger partial charge in [-0.15, -0.1) is 11.3 Å². The van der Waals surface area contributed by atoms with Crippen molar-refractivity contribution in [1.82, 2.24) is 9.55 Å². The lowest BCUT2D eigenvalue weighted by molar-refractivity contribution is 0.573. The van der Waals surface area contributed by atoms with Gasteiger partial charge in [-0.25, -0.2) is 0 Å². The van der Waals surface area contributed by atoms with Gasteiger partial charge >= 0.3 is 0 Å². The summed E-state index contributed by atoms with van der Waals surface area (Å²) in [5.74, 6) is 0. The fraction of sp³-hybridized carbons (Fsp3) is 0.417. The van der Waals surface area contributed by atoms with Gasteiger partial charge in [0.2, 0.25) is 0 Å². The Morgan fingerprint density at radius 1 is 1.50 bits per heavy atom. The van der Waals surface area contributed by atoms with E-state index in [1.807, 2.05) is 11.7 Å². The summed E-state index contributed by atoms with van der Waals surface area (Å²) >= 11 is 1.70. The molecule has 3 nitrogen and oxygen atoms in total. The van der Waals surface area contributed by atoms with Crippen LogP contribution in [0.5, 0.6) is 0 Å². The molecule has 1 unspecified atom stereocenters. The molecular formula is C12H15N3S. The van der Waals surface area contributed by atoms with Crippen LogP contribution in [0.25, 0.3) is 0 Å². The zero-order valence-electron chi connectivity index (χ0n) is 9.10. The summed E-state index contributed by atoms with van der Waals surface area (Å²) in [6, 6.07) is 0.242. The van der Waals surface area contributed by atoms with E-state index in [4.69, 9.17) is 5.73 Å². The van der Waals surface area contributed by atoms with E-state index < -0.39 is 0 Å². The van der Waals surface area contributed by atoms with Gasteiger partial charge in [-0.3, -0.25) is 4.98 Å². The van der Waals surface area contributed by atoms with Gasteiger partial charge in [0.1, 0.15) is 0 Å². The number of thiazole rings is 1. The van der Waals surface area contributed by atoms with Crippen LogP contribution in [0.2, 0.25) is 0 Å². The molecule has 1 aliphatic carbocycles. The van der Waals surface area contributed by atoms with Crippen LogP contribution >= 0.6 is 11.3 Å². The molecule has 0 aliphatic heterocycles. The lowest BCUT2D eigenvalue weighted by Gasteiger charge is -2.17. The Bertz CT molecular complexity index is 472. The first kappa shape index (κ1) is 10.1. The average Bonchev–Trinajstić information content (AvgIpc) is 2.88. The molecule has 4 heteroatoms. The molecule has 0 spiro atoms. The maximum absolute atomic E-state index is 6.11. The third kappa shape index (κ3) is 1.79. The molecule has 0 fully saturated rings. The topological polar surface area (TPSA) is 43.8 Å². The molecule has 2 heterocycles. The van der Waals surface area contributed by atoms with Crippen molar-refractivity contribution in [3.05, 3.63) is 40.1 Å². The van der Waals surface area contributed by atoms with Crippen LogP contribution in [0.1, 0.15) is 34.9 Å². The van der Waals surface area contributed by atoms with Crippen molar-refractivity contribution in [3.63, 3.8) is 0 Å². The summed E-state index contributed by atoms with van der Waals surface area (Å²) < 4.78 is 2.24. The van der Waals surface area contributed by atoms with Crippen LogP contribution in [-0.2, 0) is 13.0 Å². The Kier molecular flexibility index (Phi) is 2.53. The smallest absolute Gasteiger partial charge is 0.0794 e.